The Bertz CT molecular complexity index is 496. The van der Waals surface area contributed by atoms with Crippen LogP contribution in [0.5, 0.6) is 0 Å². The van der Waals surface area contributed by atoms with Gasteiger partial charge in [0.1, 0.15) is 0 Å². The lowest BCUT2D eigenvalue weighted by atomic mass is 9.83. The van der Waals surface area contributed by atoms with Gasteiger partial charge in [-0.3, -0.25) is 4.68 Å². The lowest BCUT2D eigenvalue weighted by Gasteiger charge is -2.26. The molecule has 0 radical (unpaired) electrons. The molecule has 4 unspecified atom stereocenters. The van der Waals surface area contributed by atoms with Gasteiger partial charge in [-0.25, -0.2) is 0 Å². The largest absolute Gasteiger partial charge is 0.317 e. The van der Waals surface area contributed by atoms with Crippen LogP contribution in [0.3, 0.4) is 0 Å². The molecule has 2 aliphatic rings. The number of nitrogens with zero attached hydrogens (tertiary/aromatic N) is 2. The summed E-state index contributed by atoms with van der Waals surface area (Å²) in [6.45, 7) is 2.17. The van der Waals surface area contributed by atoms with Gasteiger partial charge in [-0.2, -0.15) is 5.10 Å². The van der Waals surface area contributed by atoms with E-state index in [9.17, 15) is 0 Å². The third-order valence-electron chi connectivity index (χ3n) is 5.82. The van der Waals surface area contributed by atoms with E-state index in [4.69, 9.17) is 0 Å². The fraction of sp³-hybridized carbons (Fsp3) is 0.824. The Morgan fingerprint density at radius 2 is 2.19 bits per heavy atom. The molecule has 118 valence electrons. The van der Waals surface area contributed by atoms with Crippen LogP contribution in [-0.2, 0) is 19.9 Å². The van der Waals surface area contributed by atoms with Crippen molar-refractivity contribution in [1.82, 2.24) is 15.1 Å². The maximum atomic E-state index is 4.63. The van der Waals surface area contributed by atoms with E-state index in [-0.39, 0.29) is 0 Å². The highest BCUT2D eigenvalue weighted by Gasteiger charge is 2.40. The van der Waals surface area contributed by atoms with Crippen molar-refractivity contribution in [2.24, 2.45) is 24.8 Å². The molecule has 1 N–H and O–H groups in total. The number of aryl methyl sites for hydroxylation is 2. The van der Waals surface area contributed by atoms with Crippen molar-refractivity contribution in [3.05, 3.63) is 15.9 Å². The van der Waals surface area contributed by atoms with E-state index in [0.717, 1.165) is 30.6 Å². The Morgan fingerprint density at radius 3 is 2.71 bits per heavy atom. The summed E-state index contributed by atoms with van der Waals surface area (Å²) >= 11 is 3.75. The van der Waals surface area contributed by atoms with Crippen molar-refractivity contribution in [3.63, 3.8) is 0 Å². The zero-order chi connectivity index (χ0) is 15.0. The number of hydrogen-bond donors (Lipinski definition) is 1. The van der Waals surface area contributed by atoms with E-state index < -0.39 is 0 Å². The van der Waals surface area contributed by atoms with Crippen molar-refractivity contribution >= 4 is 15.9 Å². The van der Waals surface area contributed by atoms with Gasteiger partial charge in [-0.15, -0.1) is 0 Å². The predicted molar refractivity (Wildman–Crippen MR) is 90.4 cm³/mol. The van der Waals surface area contributed by atoms with Gasteiger partial charge in [0, 0.05) is 19.5 Å². The minimum atomic E-state index is 0.575. The Morgan fingerprint density at radius 1 is 1.38 bits per heavy atom. The average molecular weight is 354 g/mol. The first-order chi connectivity index (χ1) is 10.1. The van der Waals surface area contributed by atoms with Crippen molar-refractivity contribution in [2.75, 3.05) is 7.05 Å². The molecule has 0 amide bonds. The van der Waals surface area contributed by atoms with Gasteiger partial charge < -0.3 is 5.32 Å². The molecular weight excluding hydrogens is 326 g/mol. The van der Waals surface area contributed by atoms with Crippen LogP contribution in [0.2, 0.25) is 0 Å². The zero-order valence-corrected chi connectivity index (χ0v) is 15.1. The molecule has 21 heavy (non-hydrogen) atoms. The van der Waals surface area contributed by atoms with Crippen LogP contribution in [0, 0.1) is 17.8 Å². The third-order valence-corrected chi connectivity index (χ3v) is 6.74. The molecule has 0 aromatic carbocycles. The molecular formula is C17H28BrN3. The molecule has 4 heteroatoms. The molecule has 0 saturated heterocycles. The molecule has 2 aliphatic carbocycles. The van der Waals surface area contributed by atoms with Crippen molar-refractivity contribution in [3.8, 4) is 0 Å². The molecule has 2 fully saturated rings. The van der Waals surface area contributed by atoms with Gasteiger partial charge in [0.15, 0.2) is 0 Å². The molecule has 2 saturated carbocycles. The fourth-order valence-corrected chi connectivity index (χ4v) is 5.39. The first-order valence-electron chi connectivity index (χ1n) is 8.49. The standard InChI is InChI=1S/C17H28BrN3/c1-4-15-17(18)16(21(3)20-15)10-14(19-2)9-13-8-11-5-6-12(13)7-11/h11-14,19H,4-10H2,1-3H3. The number of aromatic nitrogens is 2. The number of halogens is 1. The first-order valence-corrected chi connectivity index (χ1v) is 9.29. The van der Waals surface area contributed by atoms with E-state index in [1.165, 1.54) is 48.0 Å². The first kappa shape index (κ1) is 15.5. The van der Waals surface area contributed by atoms with Crippen molar-refractivity contribution < 1.29 is 0 Å². The second-order valence-corrected chi connectivity index (χ2v) is 7.84. The highest BCUT2D eigenvalue weighted by molar-refractivity contribution is 9.10. The van der Waals surface area contributed by atoms with Crippen LogP contribution in [0.25, 0.3) is 0 Å². The lowest BCUT2D eigenvalue weighted by Crippen LogP contribution is -2.32. The maximum Gasteiger partial charge on any atom is 0.0766 e. The second-order valence-electron chi connectivity index (χ2n) is 7.04. The summed E-state index contributed by atoms with van der Waals surface area (Å²) in [6, 6.07) is 0.575. The number of nitrogens with one attached hydrogen (secondary N) is 1. The lowest BCUT2D eigenvalue weighted by molar-refractivity contribution is 0.280. The highest BCUT2D eigenvalue weighted by Crippen LogP contribution is 2.50. The van der Waals surface area contributed by atoms with E-state index in [2.05, 4.69) is 52.0 Å². The minimum absolute atomic E-state index is 0.575. The van der Waals surface area contributed by atoms with Crippen LogP contribution < -0.4 is 5.32 Å². The smallest absolute Gasteiger partial charge is 0.0766 e. The molecule has 1 heterocycles. The molecule has 4 atom stereocenters. The summed E-state index contributed by atoms with van der Waals surface area (Å²) in [5.74, 6) is 3.03. The van der Waals surface area contributed by atoms with Crippen LogP contribution >= 0.6 is 15.9 Å². The molecule has 0 spiro atoms. The van der Waals surface area contributed by atoms with Crippen molar-refractivity contribution in [2.45, 2.75) is 57.9 Å². The van der Waals surface area contributed by atoms with Gasteiger partial charge in [-0.05, 0) is 72.8 Å². The molecule has 3 rings (SSSR count). The molecule has 0 aliphatic heterocycles. The average Bonchev–Trinajstić information content (AvgIpc) is 3.16. The van der Waals surface area contributed by atoms with Crippen LogP contribution in [0.1, 0.15) is 50.4 Å². The van der Waals surface area contributed by atoms with Gasteiger partial charge in [-0.1, -0.05) is 13.3 Å². The highest BCUT2D eigenvalue weighted by atomic mass is 79.9. The summed E-state index contributed by atoms with van der Waals surface area (Å²) in [5, 5.41) is 8.18. The monoisotopic (exact) mass is 353 g/mol. The summed E-state index contributed by atoms with van der Waals surface area (Å²) in [7, 11) is 4.19. The quantitative estimate of drug-likeness (QED) is 0.844. The minimum Gasteiger partial charge on any atom is -0.317 e. The Kier molecular flexibility index (Phi) is 4.75. The molecule has 1 aromatic rings. The number of likely N-dealkylation sites (N-methyl/N-ethyl adjacent to an activating group) is 1. The van der Waals surface area contributed by atoms with Crippen LogP contribution in [0.4, 0.5) is 0 Å². The summed E-state index contributed by atoms with van der Waals surface area (Å²) in [6.07, 6.45) is 9.38. The zero-order valence-electron chi connectivity index (χ0n) is 13.5. The topological polar surface area (TPSA) is 29.9 Å². The number of hydrogen-bond acceptors (Lipinski definition) is 2. The summed E-state index contributed by atoms with van der Waals surface area (Å²) < 4.78 is 3.29. The Balaban J connectivity index is 1.66. The SMILES string of the molecule is CCc1nn(C)c(CC(CC2CC3CCC2C3)NC)c1Br. The summed E-state index contributed by atoms with van der Waals surface area (Å²) in [5.41, 5.74) is 2.52. The fourth-order valence-electron chi connectivity index (χ4n) is 4.61. The second kappa shape index (κ2) is 6.41. The number of rotatable bonds is 6. The van der Waals surface area contributed by atoms with Gasteiger partial charge in [0.25, 0.3) is 0 Å². The Labute approximate surface area is 137 Å². The van der Waals surface area contributed by atoms with Gasteiger partial charge in [0.2, 0.25) is 0 Å². The van der Waals surface area contributed by atoms with Gasteiger partial charge in [0.05, 0.1) is 15.9 Å². The summed E-state index contributed by atoms with van der Waals surface area (Å²) in [4.78, 5) is 0. The van der Waals surface area contributed by atoms with Crippen LogP contribution in [0.15, 0.2) is 4.47 Å². The van der Waals surface area contributed by atoms with E-state index in [1.54, 1.807) is 0 Å². The Hall–Kier alpha value is -0.350. The van der Waals surface area contributed by atoms with E-state index in [1.807, 2.05) is 0 Å². The maximum absolute atomic E-state index is 4.63. The van der Waals surface area contributed by atoms with Gasteiger partial charge >= 0.3 is 0 Å². The third kappa shape index (κ3) is 3.07. The van der Waals surface area contributed by atoms with Crippen molar-refractivity contribution in [1.29, 1.82) is 0 Å². The molecule has 2 bridgehead atoms. The van der Waals surface area contributed by atoms with E-state index in [0.29, 0.717) is 6.04 Å². The molecule has 1 aromatic heterocycles. The molecule has 3 nitrogen and oxygen atoms in total. The normalized spacial score (nSPS) is 29.2. The van der Waals surface area contributed by atoms with Crippen LogP contribution in [-0.4, -0.2) is 22.9 Å². The van der Waals surface area contributed by atoms with E-state index >= 15 is 0 Å². The number of fused-ring (bicyclic) bond motifs is 2. The predicted octanol–water partition coefficient (Wildman–Crippen LogP) is 3.70.